The number of hydrogen-bond donors (Lipinski definition) is 1. The maximum absolute atomic E-state index is 11.1. The van der Waals surface area contributed by atoms with E-state index in [2.05, 4.69) is 4.74 Å². The third-order valence-electron chi connectivity index (χ3n) is 1.58. The Morgan fingerprint density at radius 3 is 2.93 bits per heavy atom. The van der Waals surface area contributed by atoms with Crippen molar-refractivity contribution in [3.05, 3.63) is 16.5 Å². The van der Waals surface area contributed by atoms with E-state index in [1.807, 2.05) is 6.92 Å². The van der Waals surface area contributed by atoms with E-state index in [0.29, 0.717) is 9.94 Å². The van der Waals surface area contributed by atoms with Crippen LogP contribution in [0.4, 0.5) is 0 Å². The Kier molecular flexibility index (Phi) is 3.91. The maximum Gasteiger partial charge on any atom is 0.348 e. The summed E-state index contributed by atoms with van der Waals surface area (Å²) in [5.74, 6) is -0.364. The number of hydrogen-bond acceptors (Lipinski definition) is 5. The third kappa shape index (κ3) is 2.46. The van der Waals surface area contributed by atoms with Gasteiger partial charge in [-0.2, -0.15) is 0 Å². The van der Waals surface area contributed by atoms with Crippen molar-refractivity contribution < 1.29 is 19.4 Å². The highest BCUT2D eigenvalue weighted by molar-refractivity contribution is 7.15. The zero-order chi connectivity index (χ0) is 10.6. The number of methoxy groups -OCH3 is 1. The van der Waals surface area contributed by atoms with E-state index in [0.717, 1.165) is 5.56 Å². The van der Waals surface area contributed by atoms with Crippen molar-refractivity contribution in [2.75, 3.05) is 20.3 Å². The first kappa shape index (κ1) is 11.0. The molecule has 0 saturated carbocycles. The number of carbonyl (C=O) groups excluding carboxylic acids is 1. The molecule has 1 aromatic rings. The molecule has 0 aliphatic rings. The summed E-state index contributed by atoms with van der Waals surface area (Å²) in [5.41, 5.74) is 0.879. The maximum atomic E-state index is 11.1. The van der Waals surface area contributed by atoms with Crippen LogP contribution < -0.4 is 4.74 Å². The zero-order valence-electron chi connectivity index (χ0n) is 8.07. The molecule has 0 unspecified atom stereocenters. The van der Waals surface area contributed by atoms with Crippen LogP contribution in [0, 0.1) is 6.92 Å². The second-order valence-corrected chi connectivity index (χ2v) is 3.66. The van der Waals surface area contributed by atoms with E-state index in [1.165, 1.54) is 18.4 Å². The molecule has 0 bridgehead atoms. The number of rotatable bonds is 4. The standard InChI is InChI=1S/C9H12O4S/c1-6-5-7(8(11)12-2)14-9(6)13-4-3-10/h5,10H,3-4H2,1-2H3. The average Bonchev–Trinajstić information content (AvgIpc) is 2.56. The SMILES string of the molecule is COC(=O)c1cc(C)c(OCCO)s1. The topological polar surface area (TPSA) is 55.8 Å². The number of aliphatic hydroxyl groups is 1. The van der Waals surface area contributed by atoms with E-state index in [9.17, 15) is 4.79 Å². The molecule has 1 heterocycles. The van der Waals surface area contributed by atoms with Gasteiger partial charge in [0.2, 0.25) is 0 Å². The van der Waals surface area contributed by atoms with Gasteiger partial charge in [-0.3, -0.25) is 0 Å². The Labute approximate surface area is 86.1 Å². The van der Waals surface area contributed by atoms with E-state index in [4.69, 9.17) is 9.84 Å². The van der Waals surface area contributed by atoms with Crippen molar-refractivity contribution in [3.63, 3.8) is 0 Å². The Hall–Kier alpha value is -1.07. The number of aliphatic hydroxyl groups excluding tert-OH is 1. The summed E-state index contributed by atoms with van der Waals surface area (Å²) in [4.78, 5) is 11.6. The van der Waals surface area contributed by atoms with Gasteiger partial charge in [-0.1, -0.05) is 11.3 Å². The fourth-order valence-electron chi connectivity index (χ4n) is 0.948. The van der Waals surface area contributed by atoms with E-state index in [-0.39, 0.29) is 19.2 Å². The van der Waals surface area contributed by atoms with Crippen LogP contribution >= 0.6 is 11.3 Å². The predicted molar refractivity (Wildman–Crippen MR) is 53.0 cm³/mol. The fourth-order valence-corrected chi connectivity index (χ4v) is 1.91. The summed E-state index contributed by atoms with van der Waals surface area (Å²) in [6.07, 6.45) is 0. The molecule has 0 atom stereocenters. The number of aryl methyl sites for hydroxylation is 1. The summed E-state index contributed by atoms with van der Waals surface area (Å²) in [6.45, 7) is 2.04. The molecule has 1 rings (SSSR count). The largest absolute Gasteiger partial charge is 0.481 e. The molecule has 5 heteroatoms. The van der Waals surface area contributed by atoms with Crippen LogP contribution in [-0.2, 0) is 4.74 Å². The smallest absolute Gasteiger partial charge is 0.348 e. The Bertz CT molecular complexity index is 319. The van der Waals surface area contributed by atoms with E-state index >= 15 is 0 Å². The molecule has 1 N–H and O–H groups in total. The van der Waals surface area contributed by atoms with Crippen LogP contribution in [0.25, 0.3) is 0 Å². The molecule has 14 heavy (non-hydrogen) atoms. The van der Waals surface area contributed by atoms with Gasteiger partial charge in [0, 0.05) is 5.56 Å². The summed E-state index contributed by atoms with van der Waals surface area (Å²) >= 11 is 1.22. The third-order valence-corrected chi connectivity index (χ3v) is 2.71. The molecule has 0 aromatic carbocycles. The second kappa shape index (κ2) is 4.97. The highest BCUT2D eigenvalue weighted by Gasteiger charge is 2.13. The van der Waals surface area contributed by atoms with Gasteiger partial charge in [-0.15, -0.1) is 0 Å². The first-order chi connectivity index (χ1) is 6.69. The zero-order valence-corrected chi connectivity index (χ0v) is 8.89. The minimum Gasteiger partial charge on any atom is -0.481 e. The summed E-state index contributed by atoms with van der Waals surface area (Å²) in [5, 5.41) is 9.22. The van der Waals surface area contributed by atoms with Gasteiger partial charge in [0.1, 0.15) is 11.5 Å². The van der Waals surface area contributed by atoms with Crippen molar-refractivity contribution in [2.24, 2.45) is 0 Å². The predicted octanol–water partition coefficient (Wildman–Crippen LogP) is 1.21. The minimum absolute atomic E-state index is 0.0368. The van der Waals surface area contributed by atoms with Crippen LogP contribution in [0.2, 0.25) is 0 Å². The van der Waals surface area contributed by atoms with Crippen molar-refractivity contribution in [1.82, 2.24) is 0 Å². The summed E-state index contributed by atoms with van der Waals surface area (Å²) in [7, 11) is 1.34. The summed E-state index contributed by atoms with van der Waals surface area (Å²) in [6, 6.07) is 1.71. The molecule has 0 radical (unpaired) electrons. The molecular weight excluding hydrogens is 204 g/mol. The number of ether oxygens (including phenoxy) is 2. The van der Waals surface area contributed by atoms with Gasteiger partial charge in [0.15, 0.2) is 5.06 Å². The summed E-state index contributed by atoms with van der Waals surface area (Å²) < 4.78 is 9.80. The number of esters is 1. The minimum atomic E-state index is -0.364. The lowest BCUT2D eigenvalue weighted by Crippen LogP contribution is -2.00. The van der Waals surface area contributed by atoms with Gasteiger partial charge >= 0.3 is 5.97 Å². The molecular formula is C9H12O4S. The molecule has 0 spiro atoms. The Morgan fingerprint density at radius 2 is 2.36 bits per heavy atom. The van der Waals surface area contributed by atoms with Gasteiger partial charge in [0.25, 0.3) is 0 Å². The molecule has 0 aliphatic carbocycles. The van der Waals surface area contributed by atoms with Crippen molar-refractivity contribution in [2.45, 2.75) is 6.92 Å². The fraction of sp³-hybridized carbons (Fsp3) is 0.444. The normalized spacial score (nSPS) is 9.93. The lowest BCUT2D eigenvalue weighted by atomic mass is 10.3. The van der Waals surface area contributed by atoms with Crippen LogP contribution in [0.5, 0.6) is 5.06 Å². The van der Waals surface area contributed by atoms with Crippen LogP contribution in [0.1, 0.15) is 15.2 Å². The average molecular weight is 216 g/mol. The van der Waals surface area contributed by atoms with E-state index < -0.39 is 0 Å². The number of carbonyl (C=O) groups is 1. The quantitative estimate of drug-likeness (QED) is 0.769. The van der Waals surface area contributed by atoms with Gasteiger partial charge in [-0.25, -0.2) is 4.79 Å². The lowest BCUT2D eigenvalue weighted by molar-refractivity contribution is 0.0606. The first-order valence-electron chi connectivity index (χ1n) is 4.11. The van der Waals surface area contributed by atoms with Crippen LogP contribution in [-0.4, -0.2) is 31.4 Å². The first-order valence-corrected chi connectivity index (χ1v) is 4.93. The van der Waals surface area contributed by atoms with Gasteiger partial charge in [-0.05, 0) is 13.0 Å². The van der Waals surface area contributed by atoms with Crippen molar-refractivity contribution >= 4 is 17.3 Å². The van der Waals surface area contributed by atoms with Gasteiger partial charge in [0.05, 0.1) is 13.7 Å². The lowest BCUT2D eigenvalue weighted by Gasteiger charge is -2.00. The van der Waals surface area contributed by atoms with Crippen molar-refractivity contribution in [3.8, 4) is 5.06 Å². The molecule has 4 nitrogen and oxygen atoms in total. The molecule has 0 fully saturated rings. The monoisotopic (exact) mass is 216 g/mol. The number of thiophene rings is 1. The molecule has 0 saturated heterocycles. The highest BCUT2D eigenvalue weighted by atomic mass is 32.1. The molecule has 0 aliphatic heterocycles. The highest BCUT2D eigenvalue weighted by Crippen LogP contribution is 2.30. The van der Waals surface area contributed by atoms with Crippen LogP contribution in [0.15, 0.2) is 6.07 Å². The molecule has 1 aromatic heterocycles. The Morgan fingerprint density at radius 1 is 1.64 bits per heavy atom. The molecule has 0 amide bonds. The second-order valence-electron chi connectivity index (χ2n) is 2.64. The van der Waals surface area contributed by atoms with Crippen LogP contribution in [0.3, 0.4) is 0 Å². The van der Waals surface area contributed by atoms with Crippen molar-refractivity contribution in [1.29, 1.82) is 0 Å². The Balaban J connectivity index is 2.76. The molecule has 78 valence electrons. The van der Waals surface area contributed by atoms with E-state index in [1.54, 1.807) is 6.07 Å². The van der Waals surface area contributed by atoms with Gasteiger partial charge < -0.3 is 14.6 Å².